The number of hydrogen-bond donors (Lipinski definition) is 4. The lowest BCUT2D eigenvalue weighted by Gasteiger charge is -2.19. The van der Waals surface area contributed by atoms with E-state index in [0.717, 1.165) is 6.20 Å². The first-order valence-corrected chi connectivity index (χ1v) is 5.56. The largest absolute Gasteiger partial charge is 0.419 e. The molecule has 0 aliphatic heterocycles. The summed E-state index contributed by atoms with van der Waals surface area (Å²) in [5, 5.41) is 21.5. The number of aliphatic hydroxyl groups excluding tert-OH is 2. The smallest absolute Gasteiger partial charge is 0.388 e. The van der Waals surface area contributed by atoms with Gasteiger partial charge in [0.05, 0.1) is 5.56 Å². The Kier molecular flexibility index (Phi) is 4.90. The van der Waals surface area contributed by atoms with Gasteiger partial charge >= 0.3 is 6.18 Å². The zero-order valence-electron chi connectivity index (χ0n) is 10.5. The Bertz CT molecular complexity index is 494. The lowest BCUT2D eigenvalue weighted by molar-refractivity contribution is -0.137. The van der Waals surface area contributed by atoms with E-state index in [1.54, 1.807) is 0 Å². The molecule has 112 valence electrons. The maximum Gasteiger partial charge on any atom is 0.419 e. The third-order valence-electron chi connectivity index (χ3n) is 2.51. The fraction of sp³-hybridized carbons (Fsp3) is 0.455. The van der Waals surface area contributed by atoms with Crippen molar-refractivity contribution in [3.63, 3.8) is 0 Å². The highest BCUT2D eigenvalue weighted by Gasteiger charge is 2.35. The Balaban J connectivity index is 2.94. The van der Waals surface area contributed by atoms with Crippen molar-refractivity contribution < 1.29 is 28.2 Å². The molecule has 0 aliphatic carbocycles. The van der Waals surface area contributed by atoms with Crippen molar-refractivity contribution in [1.82, 2.24) is 10.3 Å². The number of alkyl halides is 3. The Morgan fingerprint density at radius 1 is 1.50 bits per heavy atom. The molecule has 0 spiro atoms. The molecule has 1 aromatic rings. The van der Waals surface area contributed by atoms with Crippen LogP contribution in [0.25, 0.3) is 0 Å². The number of nitrogen functional groups attached to an aromatic ring is 1. The predicted molar refractivity (Wildman–Crippen MR) is 63.3 cm³/mol. The van der Waals surface area contributed by atoms with E-state index in [2.05, 4.69) is 10.3 Å². The first-order valence-electron chi connectivity index (χ1n) is 5.56. The summed E-state index contributed by atoms with van der Waals surface area (Å²) in [6.45, 7) is 0.897. The molecule has 0 saturated heterocycles. The molecule has 5 N–H and O–H groups in total. The molecule has 1 heterocycles. The van der Waals surface area contributed by atoms with Crippen molar-refractivity contribution in [2.45, 2.75) is 25.3 Å². The number of nitrogens with zero attached hydrogens (tertiary/aromatic N) is 1. The molecule has 0 bridgehead atoms. The second-order valence-corrected chi connectivity index (χ2v) is 4.15. The molecule has 6 nitrogen and oxygen atoms in total. The average Bonchev–Trinajstić information content (AvgIpc) is 2.34. The summed E-state index contributed by atoms with van der Waals surface area (Å²) < 4.78 is 37.9. The second kappa shape index (κ2) is 6.06. The summed E-state index contributed by atoms with van der Waals surface area (Å²) in [6, 6.07) is 0.615. The average molecular weight is 293 g/mol. The monoisotopic (exact) mass is 293 g/mol. The summed E-state index contributed by atoms with van der Waals surface area (Å²) in [5.74, 6) is -1.16. The van der Waals surface area contributed by atoms with Gasteiger partial charge in [-0.15, -0.1) is 0 Å². The lowest BCUT2D eigenvalue weighted by Crippen LogP contribution is -2.34. The minimum atomic E-state index is -4.71. The summed E-state index contributed by atoms with van der Waals surface area (Å²) in [7, 11) is 0. The van der Waals surface area contributed by atoms with E-state index in [1.807, 2.05) is 0 Å². The van der Waals surface area contributed by atoms with Gasteiger partial charge in [-0.1, -0.05) is 0 Å². The molecule has 0 aromatic carbocycles. The number of aliphatic hydroxyl groups is 2. The van der Waals surface area contributed by atoms with Gasteiger partial charge < -0.3 is 21.3 Å². The Hall–Kier alpha value is -1.87. The molecule has 1 amide bonds. The van der Waals surface area contributed by atoms with Crippen molar-refractivity contribution in [3.05, 3.63) is 23.4 Å². The molecule has 0 radical (unpaired) electrons. The zero-order valence-corrected chi connectivity index (χ0v) is 10.5. The topological polar surface area (TPSA) is 108 Å². The van der Waals surface area contributed by atoms with Gasteiger partial charge in [0, 0.05) is 25.2 Å². The number of hydrogen-bond acceptors (Lipinski definition) is 5. The van der Waals surface area contributed by atoms with Crippen LogP contribution in [0.1, 0.15) is 24.2 Å². The highest BCUT2D eigenvalue weighted by atomic mass is 19.4. The van der Waals surface area contributed by atoms with E-state index in [9.17, 15) is 28.2 Å². The number of nitrogens with one attached hydrogen (secondary N) is 1. The molecular formula is C11H14F3N3O3. The molecule has 2 atom stereocenters. The summed E-state index contributed by atoms with van der Waals surface area (Å²) in [6.07, 6.45) is -6.87. The van der Waals surface area contributed by atoms with Gasteiger partial charge in [0.25, 0.3) is 0 Å². The summed E-state index contributed by atoms with van der Waals surface area (Å²) >= 11 is 0. The fourth-order valence-corrected chi connectivity index (χ4v) is 1.46. The minimum absolute atomic E-state index is 0.246. The van der Waals surface area contributed by atoms with Gasteiger partial charge in [0.1, 0.15) is 18.0 Å². The lowest BCUT2D eigenvalue weighted by atomic mass is 10.0. The summed E-state index contributed by atoms with van der Waals surface area (Å²) in [5.41, 5.74) is 3.68. The predicted octanol–water partition coefficient (Wildman–Crippen LogP) is 0.213. The number of carbonyl (C=O) groups excluding carboxylic acids is 1. The van der Waals surface area contributed by atoms with Crippen molar-refractivity contribution in [1.29, 1.82) is 0 Å². The van der Waals surface area contributed by atoms with Crippen LogP contribution in [0.5, 0.6) is 0 Å². The van der Waals surface area contributed by atoms with Crippen LogP contribution in [0, 0.1) is 0 Å². The van der Waals surface area contributed by atoms with Gasteiger partial charge in [-0.05, 0) is 6.07 Å². The number of nitrogens with two attached hydrogens (primary N) is 1. The third-order valence-corrected chi connectivity index (χ3v) is 2.51. The first-order chi connectivity index (χ1) is 9.12. The molecular weight excluding hydrogens is 279 g/mol. The van der Waals surface area contributed by atoms with Crippen LogP contribution in [-0.2, 0) is 11.0 Å². The zero-order chi connectivity index (χ0) is 15.5. The normalized spacial score (nSPS) is 14.7. The Morgan fingerprint density at radius 3 is 2.60 bits per heavy atom. The molecule has 0 fully saturated rings. The van der Waals surface area contributed by atoms with Gasteiger partial charge in [0.2, 0.25) is 5.91 Å². The molecule has 1 aromatic heterocycles. The second-order valence-electron chi connectivity index (χ2n) is 4.15. The number of halogens is 3. The van der Waals surface area contributed by atoms with Gasteiger partial charge in [-0.3, -0.25) is 4.79 Å². The standard InChI is InChI=1S/C11H14F3N3O3/c1-5(18)16-4-8(19)9(20)6-2-7(11(12,13)14)10(15)17-3-6/h2-3,8-9,19-20H,4H2,1H3,(H2,15,17)(H,16,18). The van der Waals surface area contributed by atoms with Crippen LogP contribution in [-0.4, -0.2) is 33.8 Å². The minimum Gasteiger partial charge on any atom is -0.388 e. The molecule has 20 heavy (non-hydrogen) atoms. The molecule has 0 saturated carbocycles. The van der Waals surface area contributed by atoms with Crippen molar-refractivity contribution in [2.75, 3.05) is 12.3 Å². The van der Waals surface area contributed by atoms with E-state index in [-0.39, 0.29) is 12.1 Å². The van der Waals surface area contributed by atoms with E-state index in [0.29, 0.717) is 6.07 Å². The SMILES string of the molecule is CC(=O)NCC(O)C(O)c1cnc(N)c(C(F)(F)F)c1. The van der Waals surface area contributed by atoms with Crippen LogP contribution in [0.15, 0.2) is 12.3 Å². The van der Waals surface area contributed by atoms with E-state index >= 15 is 0 Å². The van der Waals surface area contributed by atoms with Crippen molar-refractivity contribution in [2.24, 2.45) is 0 Å². The summed E-state index contributed by atoms with van der Waals surface area (Å²) in [4.78, 5) is 14.0. The fourth-order valence-electron chi connectivity index (χ4n) is 1.46. The highest BCUT2D eigenvalue weighted by Crippen LogP contribution is 2.34. The number of aromatic nitrogens is 1. The van der Waals surface area contributed by atoms with Crippen molar-refractivity contribution in [3.8, 4) is 0 Å². The van der Waals surface area contributed by atoms with Crippen LogP contribution in [0.3, 0.4) is 0 Å². The quantitative estimate of drug-likeness (QED) is 0.635. The molecule has 2 unspecified atom stereocenters. The number of rotatable bonds is 4. The number of pyridine rings is 1. The molecule has 9 heteroatoms. The van der Waals surface area contributed by atoms with E-state index in [4.69, 9.17) is 5.73 Å². The highest BCUT2D eigenvalue weighted by molar-refractivity contribution is 5.72. The maximum atomic E-state index is 12.6. The third kappa shape index (κ3) is 4.07. The van der Waals surface area contributed by atoms with Gasteiger partial charge in [-0.25, -0.2) is 4.98 Å². The van der Waals surface area contributed by atoms with Crippen molar-refractivity contribution >= 4 is 11.7 Å². The van der Waals surface area contributed by atoms with Crippen LogP contribution >= 0.6 is 0 Å². The van der Waals surface area contributed by atoms with Crippen LogP contribution in [0.4, 0.5) is 19.0 Å². The Morgan fingerprint density at radius 2 is 2.10 bits per heavy atom. The van der Waals surface area contributed by atoms with Gasteiger partial charge in [0.15, 0.2) is 0 Å². The van der Waals surface area contributed by atoms with E-state index < -0.39 is 35.7 Å². The number of amides is 1. The van der Waals surface area contributed by atoms with Gasteiger partial charge in [-0.2, -0.15) is 13.2 Å². The van der Waals surface area contributed by atoms with Crippen LogP contribution < -0.4 is 11.1 Å². The number of carbonyl (C=O) groups is 1. The Labute approximate surface area is 112 Å². The van der Waals surface area contributed by atoms with E-state index in [1.165, 1.54) is 6.92 Å². The maximum absolute atomic E-state index is 12.6. The molecule has 1 rings (SSSR count). The van der Waals surface area contributed by atoms with Crippen LogP contribution in [0.2, 0.25) is 0 Å². The first kappa shape index (κ1) is 16.2. The molecule has 0 aliphatic rings. The number of anilines is 1.